The lowest BCUT2D eigenvalue weighted by molar-refractivity contribution is 0.590. The Morgan fingerprint density at radius 3 is 0.933 bits per heavy atom. The second kappa shape index (κ2) is 28.5. The highest BCUT2D eigenvalue weighted by Gasteiger charge is 2.48. The molecule has 0 aliphatic carbocycles. The second-order valence-corrected chi connectivity index (χ2v) is 44.9. The first kappa shape index (κ1) is 75.0. The van der Waals surface area contributed by atoms with Crippen LogP contribution in [0.25, 0.3) is 66.1 Å². The zero-order chi connectivity index (χ0) is 81.5. The maximum absolute atomic E-state index is 3.15. The standard InChI is InChI=1S/C112H99BN4Si2/c1-109(2,3)78-58-62-102-96(69-78)97-70-79(110(4,5)6)59-63-103(97)117(102)85-74-106-108-107(75-85)115(83-38-36-52-93(73-83)119(89-45-25-16-26-46-89,90-47-27-17-28-48-90)91-49-29-18-30-50-91)105-64-60-80(111(7,8)9)71-99(105)113(108)98-67-76(77-65-81(112(10,11)12)68-84(66-77)116-100-55-33-31-53-94(100)95-54-32-34-56-101(95)116)57-61-104(98)114(106)82-37-35-51-92(72-82)118(86-39-19-13-20-40-86,87-41-21-14-22-42-87)88-43-23-15-24-44-88/h13-75H,1-12H3. The number of anilines is 6. The second-order valence-electron chi connectivity index (χ2n) is 37.3. The number of rotatable bonds is 13. The van der Waals surface area contributed by atoms with E-state index in [1.165, 1.54) is 129 Å². The van der Waals surface area contributed by atoms with Crippen molar-refractivity contribution in [2.24, 2.45) is 0 Å². The van der Waals surface area contributed by atoms with Crippen molar-refractivity contribution in [2.75, 3.05) is 9.80 Å². The molecule has 0 spiro atoms. The molecule has 119 heavy (non-hydrogen) atoms. The summed E-state index contributed by atoms with van der Waals surface area (Å²) in [6.45, 7) is 28.1. The highest BCUT2D eigenvalue weighted by atomic mass is 28.3. The molecule has 2 aromatic heterocycles. The Balaban J connectivity index is 0.935. The van der Waals surface area contributed by atoms with Crippen LogP contribution in [-0.2, 0) is 21.7 Å². The minimum Gasteiger partial charge on any atom is -0.311 e. The van der Waals surface area contributed by atoms with Crippen molar-refractivity contribution in [1.29, 1.82) is 0 Å². The number of benzene rings is 16. The average Bonchev–Trinajstić information content (AvgIpc) is 1.17. The summed E-state index contributed by atoms with van der Waals surface area (Å²) in [4.78, 5) is 5.39. The fourth-order valence-electron chi connectivity index (χ4n) is 20.0. The monoisotopic (exact) mass is 1570 g/mol. The van der Waals surface area contributed by atoms with Crippen molar-refractivity contribution in [3.63, 3.8) is 0 Å². The fraction of sp³-hybridized carbons (Fsp3) is 0.143. The van der Waals surface area contributed by atoms with E-state index in [0.29, 0.717) is 0 Å². The van der Waals surface area contributed by atoms with E-state index in [-0.39, 0.29) is 28.4 Å². The maximum atomic E-state index is 2.70. The molecule has 578 valence electrons. The molecule has 2 aliphatic heterocycles. The number of hydrogen-bond donors (Lipinski definition) is 0. The Morgan fingerprint density at radius 1 is 0.210 bits per heavy atom. The first-order valence-corrected chi connectivity index (χ1v) is 46.4. The summed E-state index contributed by atoms with van der Waals surface area (Å²) in [6.07, 6.45) is 0. The van der Waals surface area contributed by atoms with Crippen LogP contribution in [0.2, 0.25) is 0 Å². The third-order valence-corrected chi connectivity index (χ3v) is 35.5. The van der Waals surface area contributed by atoms with Crippen molar-refractivity contribution >= 4 is 158 Å². The van der Waals surface area contributed by atoms with Crippen LogP contribution >= 0.6 is 0 Å². The Bertz CT molecular complexity index is 6630. The highest BCUT2D eigenvalue weighted by Crippen LogP contribution is 2.49. The minimum absolute atomic E-state index is 0.0964. The molecule has 16 aromatic carbocycles. The van der Waals surface area contributed by atoms with Crippen LogP contribution in [-0.4, -0.2) is 32.0 Å². The van der Waals surface area contributed by atoms with Gasteiger partial charge in [-0.2, -0.15) is 0 Å². The van der Waals surface area contributed by atoms with Gasteiger partial charge in [-0.15, -0.1) is 0 Å². The van der Waals surface area contributed by atoms with Gasteiger partial charge in [0.2, 0.25) is 0 Å². The van der Waals surface area contributed by atoms with Crippen molar-refractivity contribution in [3.05, 3.63) is 404 Å². The Labute approximate surface area is 704 Å². The van der Waals surface area contributed by atoms with E-state index < -0.39 is 16.1 Å². The van der Waals surface area contributed by atoms with Crippen LogP contribution in [0.4, 0.5) is 34.1 Å². The summed E-state index contributed by atoms with van der Waals surface area (Å²) in [6, 6.07) is 148. The minimum atomic E-state index is -3.15. The summed E-state index contributed by atoms with van der Waals surface area (Å²) < 4.78 is 5.12. The zero-order valence-electron chi connectivity index (χ0n) is 70.2. The van der Waals surface area contributed by atoms with Crippen molar-refractivity contribution < 1.29 is 0 Å². The molecular formula is C112H99BN4Si2. The normalized spacial score (nSPS) is 13.2. The van der Waals surface area contributed by atoms with Gasteiger partial charge >= 0.3 is 0 Å². The summed E-state index contributed by atoms with van der Waals surface area (Å²) in [5, 5.41) is 15.6. The molecule has 4 heterocycles. The van der Waals surface area contributed by atoms with E-state index in [2.05, 4.69) is 484 Å². The molecule has 0 saturated carbocycles. The van der Waals surface area contributed by atoms with Crippen LogP contribution in [0.5, 0.6) is 0 Å². The van der Waals surface area contributed by atoms with E-state index >= 15 is 0 Å². The lowest BCUT2D eigenvalue weighted by atomic mass is 9.33. The summed E-state index contributed by atoms with van der Waals surface area (Å²) in [7, 11) is -6.27. The van der Waals surface area contributed by atoms with Gasteiger partial charge < -0.3 is 18.9 Å². The first-order chi connectivity index (χ1) is 57.5. The highest BCUT2D eigenvalue weighted by molar-refractivity contribution is 7.20. The third kappa shape index (κ3) is 12.4. The van der Waals surface area contributed by atoms with Gasteiger partial charge in [0.1, 0.15) is 0 Å². The molecule has 0 bridgehead atoms. The molecule has 18 aromatic rings. The van der Waals surface area contributed by atoms with Gasteiger partial charge in [-0.25, -0.2) is 0 Å². The molecule has 7 heteroatoms. The summed E-state index contributed by atoms with van der Waals surface area (Å²) >= 11 is 0. The number of para-hydroxylation sites is 2. The topological polar surface area (TPSA) is 16.3 Å². The molecule has 0 atom stereocenters. The van der Waals surface area contributed by atoms with E-state index in [1.807, 2.05) is 0 Å². The van der Waals surface area contributed by atoms with Crippen molar-refractivity contribution in [3.8, 4) is 22.5 Å². The Hall–Kier alpha value is -12.8. The first-order valence-electron chi connectivity index (χ1n) is 42.4. The van der Waals surface area contributed by atoms with Gasteiger partial charge in [0.15, 0.2) is 16.1 Å². The van der Waals surface area contributed by atoms with E-state index in [1.54, 1.807) is 0 Å². The van der Waals surface area contributed by atoms with Crippen LogP contribution in [0.3, 0.4) is 0 Å². The van der Waals surface area contributed by atoms with E-state index in [9.17, 15) is 0 Å². The van der Waals surface area contributed by atoms with Crippen molar-refractivity contribution in [2.45, 2.75) is 105 Å². The summed E-state index contributed by atoms with van der Waals surface area (Å²) in [5.74, 6) is 0. The average molecular weight is 1570 g/mol. The predicted octanol–water partition coefficient (Wildman–Crippen LogP) is 21.6. The summed E-state index contributed by atoms with van der Waals surface area (Å²) in [5.41, 5.74) is 24.4. The molecule has 0 fully saturated rings. The fourth-order valence-corrected chi connectivity index (χ4v) is 29.6. The number of aromatic nitrogens is 2. The molecule has 0 amide bonds. The third-order valence-electron chi connectivity index (χ3n) is 25.9. The zero-order valence-corrected chi connectivity index (χ0v) is 72.2. The van der Waals surface area contributed by atoms with E-state index in [0.717, 1.165) is 51.1 Å². The van der Waals surface area contributed by atoms with Crippen LogP contribution < -0.4 is 67.7 Å². The molecule has 0 N–H and O–H groups in total. The Kier molecular flexibility index (Phi) is 18.0. The number of hydrogen-bond acceptors (Lipinski definition) is 2. The molecule has 2 aliphatic rings. The van der Waals surface area contributed by atoms with Crippen LogP contribution in [0.15, 0.2) is 382 Å². The predicted molar refractivity (Wildman–Crippen MR) is 517 cm³/mol. The van der Waals surface area contributed by atoms with Crippen LogP contribution in [0.1, 0.15) is 105 Å². The molecule has 0 unspecified atom stereocenters. The lowest BCUT2D eigenvalue weighted by Crippen LogP contribution is -2.74. The lowest BCUT2D eigenvalue weighted by Gasteiger charge is -2.45. The molecule has 20 rings (SSSR count). The van der Waals surface area contributed by atoms with E-state index in [4.69, 9.17) is 0 Å². The number of fused-ring (bicyclic) bond motifs is 10. The molecule has 0 saturated heterocycles. The number of nitrogens with zero attached hydrogens (tertiary/aromatic N) is 4. The van der Waals surface area contributed by atoms with Crippen LogP contribution in [0, 0.1) is 0 Å². The van der Waals surface area contributed by atoms with Gasteiger partial charge in [-0.05, 0) is 210 Å². The van der Waals surface area contributed by atoms with Gasteiger partial charge in [0.25, 0.3) is 6.71 Å². The van der Waals surface area contributed by atoms with Gasteiger partial charge in [0, 0.05) is 61.4 Å². The SMILES string of the molecule is CC(C)(C)c1cc(-c2ccc3c(c2)B2c4cc(C(C)(C)C)ccc4N(c4cccc([Si](c5ccccc5)(c5ccccc5)c5ccccc5)c4)c4cc(-n5c6ccc(C(C)(C)C)cc6c6cc(C(C)(C)C)ccc65)cc(c42)N3c2cccc([Si](c3ccccc3)(c3ccccc3)c3ccccc3)c2)cc(-n2c3ccccc3c3ccccc32)c1. The largest absolute Gasteiger partial charge is 0.311 e. The smallest absolute Gasteiger partial charge is 0.252 e. The van der Waals surface area contributed by atoms with Crippen molar-refractivity contribution in [1.82, 2.24) is 9.13 Å². The maximum Gasteiger partial charge on any atom is 0.252 e. The molecule has 0 radical (unpaired) electrons. The Morgan fingerprint density at radius 2 is 0.538 bits per heavy atom. The van der Waals surface area contributed by atoms with Gasteiger partial charge in [-0.3, -0.25) is 0 Å². The molecule has 4 nitrogen and oxygen atoms in total. The van der Waals surface area contributed by atoms with Gasteiger partial charge in [-0.1, -0.05) is 368 Å². The van der Waals surface area contributed by atoms with Gasteiger partial charge in [0.05, 0.1) is 27.8 Å². The quantitative estimate of drug-likeness (QED) is 0.0845. The molecular weight excluding hydrogens is 1470 g/mol.